The first kappa shape index (κ1) is 28.7. The molecular weight excluding hydrogens is 565 g/mol. The summed E-state index contributed by atoms with van der Waals surface area (Å²) in [6, 6.07) is 15.1. The fourth-order valence-electron chi connectivity index (χ4n) is 4.87. The Morgan fingerprint density at radius 3 is 2.54 bits per heavy atom. The lowest BCUT2D eigenvalue weighted by Gasteiger charge is -2.42. The number of hydrogen-bond donors (Lipinski definition) is 1. The van der Waals surface area contributed by atoms with E-state index in [1.54, 1.807) is 55.7 Å². The summed E-state index contributed by atoms with van der Waals surface area (Å²) in [6.45, 7) is 3.23. The molecule has 0 aliphatic carbocycles. The molecule has 12 heteroatoms. The Morgan fingerprint density at radius 2 is 1.83 bits per heavy atom. The maximum atomic E-state index is 13.2. The van der Waals surface area contributed by atoms with Gasteiger partial charge in [0.1, 0.15) is 28.8 Å². The molecule has 0 radical (unpaired) electrons. The number of halogens is 2. The van der Waals surface area contributed by atoms with Crippen LogP contribution in [0.2, 0.25) is 10.2 Å². The minimum atomic E-state index is -0.150. The third-order valence-electron chi connectivity index (χ3n) is 6.96. The second-order valence-corrected chi connectivity index (χ2v) is 10.5. The largest absolute Gasteiger partial charge is 0.497 e. The summed E-state index contributed by atoms with van der Waals surface area (Å²) in [5.74, 6) is 2.42. The smallest absolute Gasteiger partial charge is 0.238 e. The highest BCUT2D eigenvalue weighted by atomic mass is 35.5. The lowest BCUT2D eigenvalue weighted by Crippen LogP contribution is -2.54. The van der Waals surface area contributed by atoms with Crippen LogP contribution in [0.1, 0.15) is 17.5 Å². The van der Waals surface area contributed by atoms with Crippen molar-refractivity contribution >= 4 is 34.9 Å². The zero-order chi connectivity index (χ0) is 28.8. The number of carbonyl (C=O) groups excluding carboxylic acids is 1. The zero-order valence-electron chi connectivity index (χ0n) is 22.8. The van der Waals surface area contributed by atoms with Crippen molar-refractivity contribution in [2.24, 2.45) is 0 Å². The third kappa shape index (κ3) is 7.27. The van der Waals surface area contributed by atoms with Gasteiger partial charge in [-0.25, -0.2) is 9.97 Å². The first-order chi connectivity index (χ1) is 19.9. The van der Waals surface area contributed by atoms with Crippen LogP contribution in [0.5, 0.6) is 11.5 Å². The summed E-state index contributed by atoms with van der Waals surface area (Å²) in [4.78, 5) is 30.9. The number of nitrogens with one attached hydrogen (secondary N) is 1. The highest BCUT2D eigenvalue weighted by Crippen LogP contribution is 2.26. The number of benzene rings is 2. The number of amides is 1. The molecule has 3 heterocycles. The average molecular weight is 597 g/mol. The molecule has 5 rings (SSSR count). The van der Waals surface area contributed by atoms with Crippen molar-refractivity contribution in [1.29, 1.82) is 0 Å². The van der Waals surface area contributed by atoms with Crippen LogP contribution in [-0.2, 0) is 17.9 Å². The molecule has 2 aromatic carbocycles. The van der Waals surface area contributed by atoms with Crippen molar-refractivity contribution in [3.05, 3.63) is 88.6 Å². The van der Waals surface area contributed by atoms with E-state index in [-0.39, 0.29) is 18.4 Å². The number of nitrogens with zero attached hydrogens (tertiary/aromatic N) is 6. The summed E-state index contributed by atoms with van der Waals surface area (Å²) < 4.78 is 12.2. The van der Waals surface area contributed by atoms with Gasteiger partial charge in [0.15, 0.2) is 0 Å². The van der Waals surface area contributed by atoms with Gasteiger partial charge in [0, 0.05) is 57.6 Å². The lowest BCUT2D eigenvalue weighted by atomic mass is 10.1. The number of ether oxygens (including phenoxy) is 2. The van der Waals surface area contributed by atoms with E-state index in [0.717, 1.165) is 24.4 Å². The molecule has 41 heavy (non-hydrogen) atoms. The predicted molar refractivity (Wildman–Crippen MR) is 158 cm³/mol. The van der Waals surface area contributed by atoms with Gasteiger partial charge >= 0.3 is 0 Å². The topological polar surface area (TPSA) is 97.6 Å². The van der Waals surface area contributed by atoms with Crippen LogP contribution in [0.4, 0.5) is 5.82 Å². The van der Waals surface area contributed by atoms with Gasteiger partial charge in [0.2, 0.25) is 11.9 Å². The SMILES string of the molecule is COc1ccc(CN2CCN(c3cc(Cl)nc(-n4ccnc4)n3)C(CC(=O)NCc3ccc(OC)c(Cl)c3)C2)cc1. The number of carbonyl (C=O) groups is 1. The maximum absolute atomic E-state index is 13.2. The van der Waals surface area contributed by atoms with Gasteiger partial charge in [-0.1, -0.05) is 41.4 Å². The van der Waals surface area contributed by atoms with E-state index < -0.39 is 0 Å². The molecule has 10 nitrogen and oxygen atoms in total. The monoisotopic (exact) mass is 595 g/mol. The van der Waals surface area contributed by atoms with Gasteiger partial charge in [-0.3, -0.25) is 14.3 Å². The Hall–Kier alpha value is -3.86. The summed E-state index contributed by atoms with van der Waals surface area (Å²) >= 11 is 12.7. The van der Waals surface area contributed by atoms with Crippen molar-refractivity contribution in [3.63, 3.8) is 0 Å². The van der Waals surface area contributed by atoms with Crippen LogP contribution < -0.4 is 19.7 Å². The van der Waals surface area contributed by atoms with Crippen LogP contribution in [-0.4, -0.2) is 70.2 Å². The number of rotatable bonds is 10. The van der Waals surface area contributed by atoms with Gasteiger partial charge < -0.3 is 19.7 Å². The number of aromatic nitrogens is 4. The number of anilines is 1. The summed E-state index contributed by atoms with van der Waals surface area (Å²) in [5, 5.41) is 3.86. The molecule has 2 aromatic heterocycles. The fourth-order valence-corrected chi connectivity index (χ4v) is 5.32. The van der Waals surface area contributed by atoms with E-state index in [4.69, 9.17) is 37.7 Å². The molecule has 4 aromatic rings. The predicted octanol–water partition coefficient (Wildman–Crippen LogP) is 4.38. The van der Waals surface area contributed by atoms with Crippen molar-refractivity contribution in [1.82, 2.24) is 29.7 Å². The standard InChI is InChI=1S/C29H31Cl2N7O3/c1-40-23-6-3-20(4-7-23)17-36-11-12-38(27-15-26(31)34-29(35-27)37-10-9-32-19-37)22(18-36)14-28(39)33-16-21-5-8-25(41-2)24(30)13-21/h3-10,13,15,19,22H,11-12,14,16-18H2,1-2H3,(H,33,39). The molecule has 0 spiro atoms. The summed E-state index contributed by atoms with van der Waals surface area (Å²) in [7, 11) is 3.23. The van der Waals surface area contributed by atoms with E-state index in [1.165, 1.54) is 5.56 Å². The van der Waals surface area contributed by atoms with Crippen molar-refractivity contribution in [2.45, 2.75) is 25.6 Å². The molecular formula is C29H31Cl2N7O3. The molecule has 1 atom stereocenters. The zero-order valence-corrected chi connectivity index (χ0v) is 24.3. The van der Waals surface area contributed by atoms with Gasteiger partial charge in [0.05, 0.1) is 25.3 Å². The first-order valence-electron chi connectivity index (χ1n) is 13.2. The molecule has 1 amide bonds. The highest BCUT2D eigenvalue weighted by molar-refractivity contribution is 6.32. The molecule has 1 N–H and O–H groups in total. The number of piperazine rings is 1. The van der Waals surface area contributed by atoms with E-state index in [9.17, 15) is 4.79 Å². The Kier molecular flexibility index (Phi) is 9.23. The molecule has 1 unspecified atom stereocenters. The third-order valence-corrected chi connectivity index (χ3v) is 7.45. The second-order valence-electron chi connectivity index (χ2n) is 9.70. The van der Waals surface area contributed by atoms with Gasteiger partial charge in [-0.15, -0.1) is 0 Å². The fraction of sp³-hybridized carbons (Fsp3) is 0.310. The van der Waals surface area contributed by atoms with Crippen LogP contribution in [0.15, 0.2) is 67.3 Å². The molecule has 1 saturated heterocycles. The van der Waals surface area contributed by atoms with Crippen LogP contribution in [0, 0.1) is 0 Å². The summed E-state index contributed by atoms with van der Waals surface area (Å²) in [5.41, 5.74) is 2.06. The molecule has 1 aliphatic heterocycles. The average Bonchev–Trinajstić information content (AvgIpc) is 3.52. The number of methoxy groups -OCH3 is 2. The Morgan fingerprint density at radius 1 is 1.02 bits per heavy atom. The van der Waals surface area contributed by atoms with Crippen LogP contribution in [0.25, 0.3) is 5.95 Å². The van der Waals surface area contributed by atoms with E-state index >= 15 is 0 Å². The number of hydrogen-bond acceptors (Lipinski definition) is 8. The maximum Gasteiger partial charge on any atom is 0.238 e. The Labute approximate surface area is 248 Å². The van der Waals surface area contributed by atoms with Gasteiger partial charge in [-0.05, 0) is 35.4 Å². The van der Waals surface area contributed by atoms with E-state index in [0.29, 0.717) is 47.3 Å². The normalized spacial score (nSPS) is 15.5. The number of imidazole rings is 1. The van der Waals surface area contributed by atoms with Crippen molar-refractivity contribution < 1.29 is 14.3 Å². The lowest BCUT2D eigenvalue weighted by molar-refractivity contribution is -0.121. The van der Waals surface area contributed by atoms with Crippen LogP contribution >= 0.6 is 23.2 Å². The van der Waals surface area contributed by atoms with Gasteiger partial charge in [0.25, 0.3) is 0 Å². The second kappa shape index (κ2) is 13.2. The van der Waals surface area contributed by atoms with Crippen molar-refractivity contribution in [2.75, 3.05) is 38.8 Å². The highest BCUT2D eigenvalue weighted by Gasteiger charge is 2.30. The molecule has 1 aliphatic rings. The summed E-state index contributed by atoms with van der Waals surface area (Å²) in [6.07, 6.45) is 5.31. The Bertz CT molecular complexity index is 1470. The molecule has 0 bridgehead atoms. The minimum Gasteiger partial charge on any atom is -0.497 e. The minimum absolute atomic E-state index is 0.0757. The van der Waals surface area contributed by atoms with Crippen LogP contribution in [0.3, 0.4) is 0 Å². The first-order valence-corrected chi connectivity index (χ1v) is 13.9. The van der Waals surface area contributed by atoms with Crippen molar-refractivity contribution in [3.8, 4) is 17.4 Å². The molecule has 214 valence electrons. The molecule has 0 saturated carbocycles. The van der Waals surface area contributed by atoms with Gasteiger partial charge in [-0.2, -0.15) is 4.98 Å². The quantitative estimate of drug-likeness (QED) is 0.270. The van der Waals surface area contributed by atoms with E-state index in [1.807, 2.05) is 18.2 Å². The Balaban J connectivity index is 1.33. The molecule has 1 fully saturated rings. The van der Waals surface area contributed by atoms with E-state index in [2.05, 4.69) is 37.2 Å².